The van der Waals surface area contributed by atoms with E-state index < -0.39 is 0 Å². The third-order valence-electron chi connectivity index (χ3n) is 6.71. The average molecular weight is 432 g/mol. The highest BCUT2D eigenvalue weighted by atomic mass is 16.3. The first-order valence-corrected chi connectivity index (χ1v) is 11.4. The Bertz CT molecular complexity index is 1160. The highest BCUT2D eigenvalue weighted by molar-refractivity contribution is 6.00. The van der Waals surface area contributed by atoms with Crippen LogP contribution in [0.5, 0.6) is 0 Å². The summed E-state index contributed by atoms with van der Waals surface area (Å²) in [5.74, 6) is 0.638. The number of hydrogen-bond acceptors (Lipinski definition) is 4. The first kappa shape index (κ1) is 20.8. The van der Waals surface area contributed by atoms with Crippen LogP contribution in [-0.2, 0) is 4.79 Å². The molecule has 1 aromatic heterocycles. The van der Waals surface area contributed by atoms with Crippen LogP contribution in [0.3, 0.4) is 0 Å². The van der Waals surface area contributed by atoms with Crippen LogP contribution >= 0.6 is 0 Å². The second-order valence-corrected chi connectivity index (χ2v) is 9.28. The van der Waals surface area contributed by atoms with Crippen LogP contribution in [0.2, 0.25) is 0 Å². The van der Waals surface area contributed by atoms with E-state index in [0.717, 1.165) is 54.7 Å². The summed E-state index contributed by atoms with van der Waals surface area (Å²) in [6.45, 7) is 6.94. The topological polar surface area (TPSA) is 74.6 Å². The van der Waals surface area contributed by atoms with Gasteiger partial charge in [0.15, 0.2) is 5.76 Å². The fourth-order valence-electron chi connectivity index (χ4n) is 4.82. The molecule has 0 saturated carbocycles. The van der Waals surface area contributed by atoms with E-state index in [-0.39, 0.29) is 23.8 Å². The number of para-hydroxylation sites is 1. The Morgan fingerprint density at radius 1 is 1.06 bits per heavy atom. The zero-order chi connectivity index (χ0) is 22.2. The number of piperidine rings is 3. The quantitative estimate of drug-likeness (QED) is 0.623. The summed E-state index contributed by atoms with van der Waals surface area (Å²) < 4.78 is 6.08. The minimum absolute atomic E-state index is 0.0231. The molecular weight excluding hydrogens is 402 g/mol. The van der Waals surface area contributed by atoms with Crippen molar-refractivity contribution in [2.45, 2.75) is 32.7 Å². The Morgan fingerprint density at radius 2 is 1.84 bits per heavy atom. The molecule has 6 heteroatoms. The van der Waals surface area contributed by atoms with E-state index in [1.807, 2.05) is 62.4 Å². The van der Waals surface area contributed by atoms with E-state index in [4.69, 9.17) is 4.42 Å². The normalized spacial score (nSPS) is 22.3. The SMILES string of the molecule is CC(C)C(=O)Nc1cccc(-c2cccc3cc(C(=O)N[C@H]4CN5CCC4CC5)oc23)c1. The van der Waals surface area contributed by atoms with Crippen LogP contribution in [0, 0.1) is 11.8 Å². The molecule has 0 aliphatic carbocycles. The lowest BCUT2D eigenvalue weighted by atomic mass is 9.84. The number of nitrogens with zero attached hydrogens (tertiary/aromatic N) is 1. The molecule has 2 aromatic carbocycles. The van der Waals surface area contributed by atoms with Crippen molar-refractivity contribution in [1.29, 1.82) is 0 Å². The lowest BCUT2D eigenvalue weighted by Crippen LogP contribution is -2.57. The van der Waals surface area contributed by atoms with Crippen LogP contribution in [0.4, 0.5) is 5.69 Å². The minimum atomic E-state index is -0.149. The van der Waals surface area contributed by atoms with Crippen molar-refractivity contribution in [3.05, 3.63) is 54.3 Å². The monoisotopic (exact) mass is 431 g/mol. The number of fused-ring (bicyclic) bond motifs is 4. The summed E-state index contributed by atoms with van der Waals surface area (Å²) in [6.07, 6.45) is 2.30. The van der Waals surface area contributed by atoms with Gasteiger partial charge in [-0.3, -0.25) is 9.59 Å². The highest BCUT2D eigenvalue weighted by Crippen LogP contribution is 2.33. The van der Waals surface area contributed by atoms with Crippen molar-refractivity contribution in [3.8, 4) is 11.1 Å². The van der Waals surface area contributed by atoms with E-state index in [9.17, 15) is 9.59 Å². The summed E-state index contributed by atoms with van der Waals surface area (Å²) in [7, 11) is 0. The molecular formula is C26H29N3O3. The second kappa shape index (κ2) is 8.43. The number of carbonyl (C=O) groups is 2. The van der Waals surface area contributed by atoms with E-state index >= 15 is 0 Å². The lowest BCUT2D eigenvalue weighted by Gasteiger charge is -2.44. The first-order valence-electron chi connectivity index (χ1n) is 11.4. The van der Waals surface area contributed by atoms with E-state index in [1.165, 1.54) is 0 Å². The fraction of sp³-hybridized carbons (Fsp3) is 0.385. The van der Waals surface area contributed by atoms with Gasteiger partial charge in [0.05, 0.1) is 0 Å². The number of nitrogens with one attached hydrogen (secondary N) is 2. The van der Waals surface area contributed by atoms with Crippen molar-refractivity contribution in [1.82, 2.24) is 10.2 Å². The zero-order valence-electron chi connectivity index (χ0n) is 18.6. The number of furan rings is 1. The van der Waals surface area contributed by atoms with Gasteiger partial charge >= 0.3 is 0 Å². The molecule has 3 saturated heterocycles. The molecule has 3 aromatic rings. The number of benzene rings is 2. The first-order chi connectivity index (χ1) is 15.5. The maximum Gasteiger partial charge on any atom is 0.287 e. The van der Waals surface area contributed by atoms with Crippen molar-refractivity contribution < 1.29 is 14.0 Å². The van der Waals surface area contributed by atoms with Crippen LogP contribution < -0.4 is 10.6 Å². The Labute approximate surface area is 188 Å². The van der Waals surface area contributed by atoms with Gasteiger partial charge in [-0.15, -0.1) is 0 Å². The number of rotatable bonds is 5. The molecule has 2 bridgehead atoms. The third-order valence-corrected chi connectivity index (χ3v) is 6.71. The van der Waals surface area contributed by atoms with Crippen molar-refractivity contribution in [3.63, 3.8) is 0 Å². The average Bonchev–Trinajstić information content (AvgIpc) is 3.25. The molecule has 1 atom stereocenters. The molecule has 0 radical (unpaired) electrons. The second-order valence-electron chi connectivity index (χ2n) is 9.28. The van der Waals surface area contributed by atoms with Crippen LogP contribution in [0.15, 0.2) is 52.9 Å². The van der Waals surface area contributed by atoms with Gasteiger partial charge in [-0.05, 0) is 55.6 Å². The van der Waals surface area contributed by atoms with Crippen LogP contribution in [0.1, 0.15) is 37.2 Å². The van der Waals surface area contributed by atoms with Crippen LogP contribution in [0.25, 0.3) is 22.1 Å². The third kappa shape index (κ3) is 4.02. The van der Waals surface area contributed by atoms with Gasteiger partial charge in [0.25, 0.3) is 5.91 Å². The Morgan fingerprint density at radius 3 is 2.56 bits per heavy atom. The number of amides is 2. The summed E-state index contributed by atoms with van der Waals surface area (Å²) >= 11 is 0. The maximum atomic E-state index is 13.0. The summed E-state index contributed by atoms with van der Waals surface area (Å²) in [5.41, 5.74) is 3.24. The van der Waals surface area contributed by atoms with Crippen molar-refractivity contribution in [2.75, 3.05) is 25.0 Å². The van der Waals surface area contributed by atoms with Crippen molar-refractivity contribution >= 4 is 28.5 Å². The molecule has 2 amide bonds. The van der Waals surface area contributed by atoms with E-state index in [0.29, 0.717) is 17.3 Å². The largest absolute Gasteiger partial charge is 0.450 e. The number of hydrogen-bond donors (Lipinski definition) is 2. The predicted octanol–water partition coefficient (Wildman–Crippen LogP) is 4.52. The molecule has 4 heterocycles. The molecule has 3 fully saturated rings. The molecule has 2 N–H and O–H groups in total. The summed E-state index contributed by atoms with van der Waals surface area (Å²) in [6, 6.07) is 15.6. The predicted molar refractivity (Wildman–Crippen MR) is 126 cm³/mol. The van der Waals surface area contributed by atoms with E-state index in [1.54, 1.807) is 0 Å². The van der Waals surface area contributed by atoms with Gasteiger partial charge in [-0.25, -0.2) is 0 Å². The molecule has 3 aliphatic rings. The Hall–Kier alpha value is -3.12. The molecule has 0 unspecified atom stereocenters. The number of anilines is 1. The Kier molecular flexibility index (Phi) is 5.47. The standard InChI is InChI=1S/C26H29N3O3/c1-16(2)25(30)27-20-7-3-5-18(13-20)21-8-4-6-19-14-23(32-24(19)21)26(31)28-22-15-29-11-9-17(22)10-12-29/h3-8,13-14,16-17,22H,9-12,15H2,1-2H3,(H,27,30)(H,28,31)/t22-/m0/s1. The zero-order valence-corrected chi connectivity index (χ0v) is 18.6. The summed E-state index contributed by atoms with van der Waals surface area (Å²) in [5, 5.41) is 7.04. The molecule has 3 aliphatic heterocycles. The molecule has 32 heavy (non-hydrogen) atoms. The molecule has 166 valence electrons. The smallest absolute Gasteiger partial charge is 0.287 e. The minimum Gasteiger partial charge on any atom is -0.450 e. The molecule has 0 spiro atoms. The van der Waals surface area contributed by atoms with Gasteiger partial charge < -0.3 is 20.0 Å². The lowest BCUT2D eigenvalue weighted by molar-refractivity contribution is -0.118. The molecule has 6 nitrogen and oxygen atoms in total. The van der Waals surface area contributed by atoms with Gasteiger partial charge in [-0.2, -0.15) is 0 Å². The Balaban J connectivity index is 1.40. The summed E-state index contributed by atoms with van der Waals surface area (Å²) in [4.78, 5) is 27.5. The fourth-order valence-corrected chi connectivity index (χ4v) is 4.82. The van der Waals surface area contributed by atoms with Gasteiger partial charge in [0.2, 0.25) is 5.91 Å². The van der Waals surface area contributed by atoms with Gasteiger partial charge in [-0.1, -0.05) is 44.2 Å². The van der Waals surface area contributed by atoms with Gasteiger partial charge in [0, 0.05) is 35.1 Å². The number of carbonyl (C=O) groups excluding carboxylic acids is 2. The van der Waals surface area contributed by atoms with E-state index in [2.05, 4.69) is 15.5 Å². The van der Waals surface area contributed by atoms with Gasteiger partial charge in [0.1, 0.15) is 5.58 Å². The highest BCUT2D eigenvalue weighted by Gasteiger charge is 2.35. The molecule has 6 rings (SSSR count). The van der Waals surface area contributed by atoms with Crippen molar-refractivity contribution in [2.24, 2.45) is 11.8 Å². The van der Waals surface area contributed by atoms with Crippen LogP contribution in [-0.4, -0.2) is 42.4 Å². The maximum absolute atomic E-state index is 13.0.